The van der Waals surface area contributed by atoms with Gasteiger partial charge in [0, 0.05) is 12.1 Å². The molecule has 2 saturated carbocycles. The third-order valence-electron chi connectivity index (χ3n) is 4.87. The van der Waals surface area contributed by atoms with Crippen LogP contribution >= 0.6 is 0 Å². The van der Waals surface area contributed by atoms with E-state index in [2.05, 4.69) is 31.2 Å². The van der Waals surface area contributed by atoms with Gasteiger partial charge in [0.15, 0.2) is 0 Å². The minimum Gasteiger partial charge on any atom is -0.326 e. The van der Waals surface area contributed by atoms with Crippen LogP contribution in [0, 0.1) is 5.92 Å². The number of hydrogen-bond acceptors (Lipinski definition) is 2. The molecule has 2 nitrogen and oxygen atoms in total. The Morgan fingerprint density at radius 2 is 1.72 bits per heavy atom. The lowest BCUT2D eigenvalue weighted by Gasteiger charge is -2.32. The van der Waals surface area contributed by atoms with Crippen molar-refractivity contribution in [3.8, 4) is 0 Å². The molecule has 0 heterocycles. The molecule has 18 heavy (non-hydrogen) atoms. The fourth-order valence-electron chi connectivity index (χ4n) is 3.36. The summed E-state index contributed by atoms with van der Waals surface area (Å²) in [6.45, 7) is 2.34. The van der Waals surface area contributed by atoms with Crippen molar-refractivity contribution >= 4 is 0 Å². The largest absolute Gasteiger partial charge is 0.326 e. The maximum absolute atomic E-state index is 6.11. The summed E-state index contributed by atoms with van der Waals surface area (Å²) >= 11 is 0. The minimum absolute atomic E-state index is 0.173. The molecule has 0 aliphatic heterocycles. The molecule has 0 spiro atoms. The van der Waals surface area contributed by atoms with E-state index in [9.17, 15) is 0 Å². The maximum Gasteiger partial charge on any atom is 0.0198 e. The minimum atomic E-state index is 0.173. The molecule has 0 radical (unpaired) electrons. The first kappa shape index (κ1) is 12.2. The molecule has 1 aromatic carbocycles. The molecule has 0 amide bonds. The summed E-state index contributed by atoms with van der Waals surface area (Å²) in [5.74, 6) is 2.31. The van der Waals surface area contributed by atoms with Crippen molar-refractivity contribution in [1.29, 1.82) is 0 Å². The zero-order valence-electron chi connectivity index (χ0n) is 11.2. The molecule has 0 saturated heterocycles. The van der Waals surface area contributed by atoms with Crippen LogP contribution in [0.2, 0.25) is 0 Å². The van der Waals surface area contributed by atoms with Gasteiger partial charge in [-0.15, -0.1) is 0 Å². The summed E-state index contributed by atoms with van der Waals surface area (Å²) in [6, 6.07) is 9.56. The molecule has 0 aromatic heterocycles. The molecule has 5 atom stereocenters. The van der Waals surface area contributed by atoms with Gasteiger partial charge < -0.3 is 11.5 Å². The molecular formula is C16H24N2. The van der Waals surface area contributed by atoms with Gasteiger partial charge >= 0.3 is 0 Å². The van der Waals surface area contributed by atoms with Gasteiger partial charge in [0.2, 0.25) is 0 Å². The standard InChI is InChI=1S/C16H24N2/c1-10-7-14(10)13-4-2-3-11(8-13)12-5-6-15(17)16(18)9-12/h2-4,8,10,12,14-16H,5-7,9,17-18H2,1H3/t10?,12?,14-,15?,16?/m0/s1. The average Bonchev–Trinajstić information content (AvgIpc) is 3.10. The normalized spacial score (nSPS) is 39.6. The van der Waals surface area contributed by atoms with E-state index in [1.165, 1.54) is 24.0 Å². The van der Waals surface area contributed by atoms with Crippen molar-refractivity contribution in [3.63, 3.8) is 0 Å². The second kappa shape index (κ2) is 4.67. The maximum atomic E-state index is 6.11. The van der Waals surface area contributed by atoms with E-state index in [0.29, 0.717) is 5.92 Å². The van der Waals surface area contributed by atoms with E-state index in [-0.39, 0.29) is 12.1 Å². The van der Waals surface area contributed by atoms with Crippen molar-refractivity contribution in [2.24, 2.45) is 17.4 Å². The summed E-state index contributed by atoms with van der Waals surface area (Å²) in [6.07, 6.45) is 4.66. The molecule has 2 aliphatic carbocycles. The van der Waals surface area contributed by atoms with Crippen molar-refractivity contribution in [2.45, 2.75) is 56.5 Å². The third kappa shape index (κ3) is 2.32. The Bertz CT molecular complexity index is 429. The van der Waals surface area contributed by atoms with Gasteiger partial charge in [0.1, 0.15) is 0 Å². The highest BCUT2D eigenvalue weighted by Gasteiger charge is 2.34. The lowest BCUT2D eigenvalue weighted by molar-refractivity contribution is 0.347. The number of rotatable bonds is 2. The topological polar surface area (TPSA) is 52.0 Å². The summed E-state index contributed by atoms with van der Waals surface area (Å²) < 4.78 is 0. The van der Waals surface area contributed by atoms with Gasteiger partial charge in [0.25, 0.3) is 0 Å². The Balaban J connectivity index is 1.76. The molecule has 3 rings (SSSR count). The van der Waals surface area contributed by atoms with Gasteiger partial charge in [0.05, 0.1) is 0 Å². The Hall–Kier alpha value is -0.860. The molecule has 0 bridgehead atoms. The number of nitrogens with two attached hydrogens (primary N) is 2. The Labute approximate surface area is 110 Å². The summed E-state index contributed by atoms with van der Waals surface area (Å²) in [7, 11) is 0. The van der Waals surface area contributed by atoms with Crippen molar-refractivity contribution in [1.82, 2.24) is 0 Å². The van der Waals surface area contributed by atoms with E-state index >= 15 is 0 Å². The predicted molar refractivity (Wildman–Crippen MR) is 75.5 cm³/mol. The fraction of sp³-hybridized carbons (Fsp3) is 0.625. The fourth-order valence-corrected chi connectivity index (χ4v) is 3.36. The number of benzene rings is 1. The molecular weight excluding hydrogens is 220 g/mol. The van der Waals surface area contributed by atoms with Gasteiger partial charge in [-0.1, -0.05) is 31.2 Å². The van der Waals surface area contributed by atoms with Gasteiger partial charge in [-0.3, -0.25) is 0 Å². The summed E-state index contributed by atoms with van der Waals surface area (Å²) in [5, 5.41) is 0. The van der Waals surface area contributed by atoms with Crippen LogP contribution in [0.5, 0.6) is 0 Å². The lowest BCUT2D eigenvalue weighted by Crippen LogP contribution is -2.45. The van der Waals surface area contributed by atoms with E-state index in [1.54, 1.807) is 0 Å². The quantitative estimate of drug-likeness (QED) is 0.840. The van der Waals surface area contributed by atoms with Crippen LogP contribution in [0.1, 0.15) is 55.6 Å². The molecule has 2 fully saturated rings. The average molecular weight is 244 g/mol. The highest BCUT2D eigenvalue weighted by molar-refractivity contribution is 5.32. The van der Waals surface area contributed by atoms with Crippen LogP contribution in [-0.4, -0.2) is 12.1 Å². The van der Waals surface area contributed by atoms with Crippen LogP contribution in [-0.2, 0) is 0 Å². The molecule has 98 valence electrons. The van der Waals surface area contributed by atoms with E-state index in [4.69, 9.17) is 11.5 Å². The first-order valence-corrected chi connectivity index (χ1v) is 7.26. The van der Waals surface area contributed by atoms with E-state index < -0.39 is 0 Å². The van der Waals surface area contributed by atoms with Crippen LogP contribution < -0.4 is 11.5 Å². The zero-order chi connectivity index (χ0) is 12.7. The van der Waals surface area contributed by atoms with Crippen LogP contribution in [0.15, 0.2) is 24.3 Å². The van der Waals surface area contributed by atoms with Gasteiger partial charge in [-0.25, -0.2) is 0 Å². The molecule has 1 aromatic rings. The van der Waals surface area contributed by atoms with E-state index in [1.807, 2.05) is 0 Å². The lowest BCUT2D eigenvalue weighted by atomic mass is 9.79. The summed E-state index contributed by atoms with van der Waals surface area (Å²) in [5.41, 5.74) is 15.1. The third-order valence-corrected chi connectivity index (χ3v) is 4.87. The van der Waals surface area contributed by atoms with E-state index in [0.717, 1.165) is 24.7 Å². The highest BCUT2D eigenvalue weighted by Crippen LogP contribution is 2.47. The van der Waals surface area contributed by atoms with Crippen LogP contribution in [0.3, 0.4) is 0 Å². The highest BCUT2D eigenvalue weighted by atomic mass is 14.8. The second-order valence-corrected chi connectivity index (χ2v) is 6.33. The van der Waals surface area contributed by atoms with Crippen molar-refractivity contribution in [3.05, 3.63) is 35.4 Å². The SMILES string of the molecule is CC1C[C@@H]1c1cccc(C2CCC(N)C(N)C2)c1. The Morgan fingerprint density at radius 3 is 2.39 bits per heavy atom. The van der Waals surface area contributed by atoms with Crippen molar-refractivity contribution < 1.29 is 0 Å². The summed E-state index contributed by atoms with van der Waals surface area (Å²) in [4.78, 5) is 0. The molecule has 4 unspecified atom stereocenters. The molecule has 2 heteroatoms. The molecule has 4 N–H and O–H groups in total. The zero-order valence-corrected chi connectivity index (χ0v) is 11.2. The van der Waals surface area contributed by atoms with Gasteiger partial charge in [-0.2, -0.15) is 0 Å². The van der Waals surface area contributed by atoms with Crippen molar-refractivity contribution in [2.75, 3.05) is 0 Å². The predicted octanol–water partition coefficient (Wildman–Crippen LogP) is 2.73. The smallest absolute Gasteiger partial charge is 0.0198 e. The molecule has 2 aliphatic rings. The van der Waals surface area contributed by atoms with Crippen LogP contribution in [0.25, 0.3) is 0 Å². The first-order valence-electron chi connectivity index (χ1n) is 7.26. The first-order chi connectivity index (χ1) is 8.65. The Morgan fingerprint density at radius 1 is 1.00 bits per heavy atom. The van der Waals surface area contributed by atoms with Crippen LogP contribution in [0.4, 0.5) is 0 Å². The monoisotopic (exact) mass is 244 g/mol. The Kier molecular flexibility index (Phi) is 3.16. The number of hydrogen-bond donors (Lipinski definition) is 2. The van der Waals surface area contributed by atoms with Gasteiger partial charge in [-0.05, 0) is 54.6 Å². The second-order valence-electron chi connectivity index (χ2n) is 6.33.